The first-order valence-electron chi connectivity index (χ1n) is 9.73. The molecular weight excluding hydrogens is 406 g/mol. The van der Waals surface area contributed by atoms with E-state index in [-0.39, 0.29) is 33.6 Å². The minimum absolute atomic E-state index is 0.0622. The van der Waals surface area contributed by atoms with Gasteiger partial charge >= 0.3 is 0 Å². The first-order valence-corrected chi connectivity index (χ1v) is 9.73. The van der Waals surface area contributed by atoms with Crippen LogP contribution >= 0.6 is 0 Å². The molecule has 2 aromatic carbocycles. The number of carbonyl (C=O) groups is 1. The van der Waals surface area contributed by atoms with Crippen LogP contribution in [0, 0.1) is 23.7 Å². The number of para-hydroxylation sites is 2. The summed E-state index contributed by atoms with van der Waals surface area (Å²) in [5.74, 6) is -0.717. The van der Waals surface area contributed by atoms with Gasteiger partial charge in [-0.2, -0.15) is 5.26 Å². The molecule has 4 rings (SSSR count). The number of nitriles is 1. The lowest BCUT2D eigenvalue weighted by Crippen LogP contribution is -2.28. The number of phenols is 1. The maximum Gasteiger partial charge on any atom is 0.295 e. The lowest BCUT2D eigenvalue weighted by Gasteiger charge is -2.10. The molecule has 0 bridgehead atoms. The summed E-state index contributed by atoms with van der Waals surface area (Å²) in [6.07, 6.45) is 1.36. The molecule has 0 aliphatic heterocycles. The Morgan fingerprint density at radius 3 is 2.41 bits per heavy atom. The molecule has 2 aromatic heterocycles. The molecule has 2 N–H and O–H groups in total. The molecule has 0 saturated heterocycles. The van der Waals surface area contributed by atoms with Crippen molar-refractivity contribution in [3.63, 3.8) is 0 Å². The summed E-state index contributed by atoms with van der Waals surface area (Å²) in [4.78, 5) is 26.5. The number of ketones is 1. The van der Waals surface area contributed by atoms with E-state index in [1.807, 2.05) is 24.3 Å². The van der Waals surface area contributed by atoms with Gasteiger partial charge in [-0.05, 0) is 37.3 Å². The molecule has 0 aliphatic rings. The largest absolute Gasteiger partial charge is 0.507 e. The molecule has 0 atom stereocenters. The molecule has 158 valence electrons. The molecule has 0 aliphatic carbocycles. The summed E-state index contributed by atoms with van der Waals surface area (Å²) in [6.45, 7) is 1.73. The Balaban J connectivity index is 1.99. The number of rotatable bonds is 4. The van der Waals surface area contributed by atoms with E-state index in [0.717, 1.165) is 0 Å². The van der Waals surface area contributed by atoms with Gasteiger partial charge in [0.2, 0.25) is 0 Å². The van der Waals surface area contributed by atoms with Crippen molar-refractivity contribution in [3.8, 4) is 23.2 Å². The first kappa shape index (κ1) is 20.6. The molecule has 0 radical (unpaired) electrons. The Labute approximate surface area is 183 Å². The number of phenolic OH excluding ortho intramolecular Hbond substituents is 1. The standard InChI is InChI=1S/C24H19N5O3/c1-15-21(24(32)29(27(15)2)18-8-4-3-5-9-18)28-14-17(12-16(13-25)23(28)26)22(31)19-10-6-7-11-20(19)30/h3-12,14,26,30H,1-2H3. The van der Waals surface area contributed by atoms with E-state index in [1.165, 1.54) is 33.6 Å². The molecule has 4 aromatic rings. The zero-order valence-electron chi connectivity index (χ0n) is 17.4. The van der Waals surface area contributed by atoms with Crippen molar-refractivity contribution < 1.29 is 9.90 Å². The summed E-state index contributed by atoms with van der Waals surface area (Å²) in [5, 5.41) is 28.1. The minimum atomic E-state index is -0.523. The molecule has 0 unspecified atom stereocenters. The minimum Gasteiger partial charge on any atom is -0.507 e. The highest BCUT2D eigenvalue weighted by Gasteiger charge is 2.21. The summed E-state index contributed by atoms with van der Waals surface area (Å²) in [5.41, 5.74) is 0.806. The van der Waals surface area contributed by atoms with Gasteiger partial charge in [-0.25, -0.2) is 4.68 Å². The molecule has 0 fully saturated rings. The monoisotopic (exact) mass is 425 g/mol. The second-order valence-corrected chi connectivity index (χ2v) is 7.23. The third-order valence-corrected chi connectivity index (χ3v) is 5.36. The maximum atomic E-state index is 13.4. The Bertz CT molecular complexity index is 1520. The fourth-order valence-corrected chi connectivity index (χ4v) is 3.63. The summed E-state index contributed by atoms with van der Waals surface area (Å²) >= 11 is 0. The van der Waals surface area contributed by atoms with Crippen LogP contribution in [0.25, 0.3) is 11.4 Å². The van der Waals surface area contributed by atoms with E-state index in [1.54, 1.807) is 42.9 Å². The second kappa shape index (κ2) is 7.89. The van der Waals surface area contributed by atoms with E-state index in [4.69, 9.17) is 5.41 Å². The molecule has 32 heavy (non-hydrogen) atoms. The normalized spacial score (nSPS) is 10.7. The lowest BCUT2D eigenvalue weighted by molar-refractivity contribution is 0.103. The second-order valence-electron chi connectivity index (χ2n) is 7.23. The third kappa shape index (κ3) is 3.22. The summed E-state index contributed by atoms with van der Waals surface area (Å²) in [6, 6.07) is 18.3. The number of aromatic hydroxyl groups is 1. The smallest absolute Gasteiger partial charge is 0.295 e. The van der Waals surface area contributed by atoms with Crippen LogP contribution in [0.4, 0.5) is 0 Å². The molecule has 8 heteroatoms. The van der Waals surface area contributed by atoms with Gasteiger partial charge < -0.3 is 5.11 Å². The molecule has 2 heterocycles. The van der Waals surface area contributed by atoms with Crippen molar-refractivity contribution in [2.75, 3.05) is 0 Å². The fourth-order valence-electron chi connectivity index (χ4n) is 3.63. The predicted octanol–water partition coefficient (Wildman–Crippen LogP) is 2.56. The topological polar surface area (TPSA) is 117 Å². The van der Waals surface area contributed by atoms with Crippen molar-refractivity contribution in [2.45, 2.75) is 6.92 Å². The van der Waals surface area contributed by atoms with Gasteiger partial charge in [-0.1, -0.05) is 30.3 Å². The third-order valence-electron chi connectivity index (χ3n) is 5.36. The van der Waals surface area contributed by atoms with Crippen LogP contribution in [0.15, 0.2) is 71.7 Å². The summed E-state index contributed by atoms with van der Waals surface area (Å²) < 4.78 is 4.37. The van der Waals surface area contributed by atoms with Gasteiger partial charge in [0.05, 0.1) is 22.5 Å². The highest BCUT2D eigenvalue weighted by atomic mass is 16.3. The number of benzene rings is 2. The number of nitrogens with zero attached hydrogens (tertiary/aromatic N) is 4. The van der Waals surface area contributed by atoms with E-state index >= 15 is 0 Å². The number of aromatic nitrogens is 3. The van der Waals surface area contributed by atoms with Crippen LogP contribution in [-0.2, 0) is 7.05 Å². The van der Waals surface area contributed by atoms with Gasteiger partial charge in [-0.3, -0.25) is 24.2 Å². The number of pyridine rings is 1. The van der Waals surface area contributed by atoms with Crippen molar-refractivity contribution in [1.82, 2.24) is 13.9 Å². The van der Waals surface area contributed by atoms with E-state index in [9.17, 15) is 20.0 Å². The van der Waals surface area contributed by atoms with Crippen LogP contribution in [0.2, 0.25) is 0 Å². The number of hydrogen-bond donors (Lipinski definition) is 2. The number of carbonyl (C=O) groups excluding carboxylic acids is 1. The molecule has 8 nitrogen and oxygen atoms in total. The molecule has 0 amide bonds. The van der Waals surface area contributed by atoms with E-state index in [0.29, 0.717) is 11.4 Å². The molecule has 0 saturated carbocycles. The first-order chi connectivity index (χ1) is 15.3. The Kier molecular flexibility index (Phi) is 5.08. The number of nitrogens with one attached hydrogen (secondary N) is 1. The highest BCUT2D eigenvalue weighted by Crippen LogP contribution is 2.21. The fraction of sp³-hybridized carbons (Fsp3) is 0.0833. The van der Waals surface area contributed by atoms with Crippen molar-refractivity contribution in [3.05, 3.63) is 105 Å². The van der Waals surface area contributed by atoms with Crippen molar-refractivity contribution in [2.24, 2.45) is 7.05 Å². The zero-order valence-corrected chi connectivity index (χ0v) is 17.4. The molecule has 0 spiro atoms. The Hall–Kier alpha value is -4.64. The van der Waals surface area contributed by atoms with Crippen LogP contribution in [0.3, 0.4) is 0 Å². The van der Waals surface area contributed by atoms with Crippen molar-refractivity contribution in [1.29, 1.82) is 10.7 Å². The van der Waals surface area contributed by atoms with Crippen molar-refractivity contribution >= 4 is 5.78 Å². The van der Waals surface area contributed by atoms with Crippen LogP contribution < -0.4 is 11.0 Å². The van der Waals surface area contributed by atoms with Crippen LogP contribution in [0.5, 0.6) is 5.75 Å². The Morgan fingerprint density at radius 2 is 1.75 bits per heavy atom. The maximum absolute atomic E-state index is 13.4. The lowest BCUT2D eigenvalue weighted by atomic mass is 10.0. The van der Waals surface area contributed by atoms with E-state index < -0.39 is 11.3 Å². The Morgan fingerprint density at radius 1 is 1.09 bits per heavy atom. The number of hydrogen-bond acceptors (Lipinski definition) is 5. The van der Waals surface area contributed by atoms with Gasteiger partial charge in [-0.15, -0.1) is 0 Å². The van der Waals surface area contributed by atoms with Gasteiger partial charge in [0.25, 0.3) is 5.56 Å². The van der Waals surface area contributed by atoms with Gasteiger partial charge in [0.1, 0.15) is 23.0 Å². The van der Waals surface area contributed by atoms with Crippen LogP contribution in [-0.4, -0.2) is 24.8 Å². The quantitative estimate of drug-likeness (QED) is 0.489. The highest BCUT2D eigenvalue weighted by molar-refractivity contribution is 6.10. The van der Waals surface area contributed by atoms with Gasteiger partial charge in [0.15, 0.2) is 5.78 Å². The summed E-state index contributed by atoms with van der Waals surface area (Å²) in [7, 11) is 1.72. The average molecular weight is 425 g/mol. The average Bonchev–Trinajstić information content (AvgIpc) is 3.02. The van der Waals surface area contributed by atoms with E-state index in [2.05, 4.69) is 0 Å². The van der Waals surface area contributed by atoms with Crippen LogP contribution in [0.1, 0.15) is 27.2 Å². The molecular formula is C24H19N5O3. The SMILES string of the molecule is Cc1c(-n2cc(C(=O)c3ccccc3O)cc(C#N)c2=N)c(=O)n(-c2ccccc2)n1C. The van der Waals surface area contributed by atoms with Gasteiger partial charge in [0, 0.05) is 18.8 Å². The predicted molar refractivity (Wildman–Crippen MR) is 117 cm³/mol. The zero-order chi connectivity index (χ0) is 23.0.